The number of carbonyl (C=O) groups is 2. The summed E-state index contributed by atoms with van der Waals surface area (Å²) in [7, 11) is 0. The molecule has 2 heterocycles. The van der Waals surface area contributed by atoms with Crippen molar-refractivity contribution in [1.82, 2.24) is 9.97 Å². The van der Waals surface area contributed by atoms with E-state index in [0.717, 1.165) is 21.8 Å². The number of anilines is 1. The van der Waals surface area contributed by atoms with E-state index in [0.29, 0.717) is 26.3 Å². The van der Waals surface area contributed by atoms with Crippen molar-refractivity contribution in [2.75, 3.05) is 11.1 Å². The van der Waals surface area contributed by atoms with E-state index in [1.54, 1.807) is 24.3 Å². The molecular weight excluding hydrogens is 426 g/mol. The van der Waals surface area contributed by atoms with Crippen LogP contribution < -0.4 is 5.32 Å². The second-order valence-corrected chi connectivity index (χ2v) is 9.20. The molecule has 0 unspecified atom stereocenters. The van der Waals surface area contributed by atoms with E-state index in [-0.39, 0.29) is 17.4 Å². The summed E-state index contributed by atoms with van der Waals surface area (Å²) in [5.41, 5.74) is 3.65. The van der Waals surface area contributed by atoms with Crippen molar-refractivity contribution in [3.63, 3.8) is 0 Å². The van der Waals surface area contributed by atoms with Gasteiger partial charge in [0.05, 0.1) is 11.3 Å². The van der Waals surface area contributed by atoms with E-state index < -0.39 is 0 Å². The van der Waals surface area contributed by atoms with Gasteiger partial charge in [0.2, 0.25) is 5.91 Å². The quantitative estimate of drug-likeness (QED) is 0.313. The van der Waals surface area contributed by atoms with Gasteiger partial charge in [-0.1, -0.05) is 23.4 Å². The molecule has 0 aliphatic heterocycles. The van der Waals surface area contributed by atoms with Gasteiger partial charge in [-0.05, 0) is 63.6 Å². The fraction of sp³-hybridized carbons (Fsp3) is 0.238. The maximum atomic E-state index is 13.0. The number of halogens is 1. The number of hydrogen-bond acceptors (Lipinski definition) is 6. The average molecular weight is 446 g/mol. The smallest absolute Gasteiger partial charge is 0.235 e. The predicted molar refractivity (Wildman–Crippen MR) is 120 cm³/mol. The number of aryl methyl sites for hydroxylation is 3. The van der Waals surface area contributed by atoms with Crippen LogP contribution in [0.3, 0.4) is 0 Å². The summed E-state index contributed by atoms with van der Waals surface area (Å²) in [6, 6.07) is 8.63. The summed E-state index contributed by atoms with van der Waals surface area (Å²) in [4.78, 5) is 35.2. The van der Waals surface area contributed by atoms with Gasteiger partial charge in [0.1, 0.15) is 5.00 Å². The van der Waals surface area contributed by atoms with Crippen LogP contribution in [-0.2, 0) is 4.79 Å². The van der Waals surface area contributed by atoms with Gasteiger partial charge in [-0.2, -0.15) is 0 Å². The Morgan fingerprint density at radius 2 is 1.69 bits per heavy atom. The van der Waals surface area contributed by atoms with E-state index in [1.807, 2.05) is 33.8 Å². The summed E-state index contributed by atoms with van der Waals surface area (Å²) in [5, 5.41) is 4.58. The van der Waals surface area contributed by atoms with Gasteiger partial charge in [-0.15, -0.1) is 11.3 Å². The standard InChI is InChI=1S/C21H20ClN3O2S2/c1-11-9-12(2)24-21(23-11)28-10-17(26)25-20-18(13(3)14(4)29-20)19(27)15-5-7-16(22)8-6-15/h5-9H,10H2,1-4H3,(H,25,26). The van der Waals surface area contributed by atoms with Crippen LogP contribution in [0.1, 0.15) is 37.7 Å². The van der Waals surface area contributed by atoms with Gasteiger partial charge in [-0.3, -0.25) is 9.59 Å². The number of aromatic nitrogens is 2. The van der Waals surface area contributed by atoms with Gasteiger partial charge in [0.15, 0.2) is 10.9 Å². The van der Waals surface area contributed by atoms with Gasteiger partial charge in [0.25, 0.3) is 0 Å². The van der Waals surface area contributed by atoms with E-state index in [9.17, 15) is 9.59 Å². The highest BCUT2D eigenvalue weighted by Gasteiger charge is 2.22. The highest BCUT2D eigenvalue weighted by atomic mass is 35.5. The van der Waals surface area contributed by atoms with Crippen molar-refractivity contribution in [3.05, 3.63) is 68.3 Å². The minimum absolute atomic E-state index is 0.135. The first-order chi connectivity index (χ1) is 13.7. The molecule has 0 radical (unpaired) electrons. The Bertz CT molecular complexity index is 1060. The second-order valence-electron chi connectivity index (χ2n) is 6.59. The first kappa shape index (κ1) is 21.5. The Hall–Kier alpha value is -2.22. The number of nitrogens with one attached hydrogen (secondary N) is 1. The van der Waals surface area contributed by atoms with Crippen LogP contribution in [0, 0.1) is 27.7 Å². The number of benzene rings is 1. The monoisotopic (exact) mass is 445 g/mol. The van der Waals surface area contributed by atoms with Crippen LogP contribution >= 0.6 is 34.7 Å². The zero-order valence-electron chi connectivity index (χ0n) is 16.5. The fourth-order valence-corrected chi connectivity index (χ4v) is 4.73. The third-order valence-corrected chi connectivity index (χ3v) is 6.49. The molecule has 8 heteroatoms. The Morgan fingerprint density at radius 1 is 1.07 bits per heavy atom. The van der Waals surface area contributed by atoms with Crippen LogP contribution in [-0.4, -0.2) is 27.4 Å². The molecule has 0 aliphatic rings. The molecular formula is C21H20ClN3O2S2. The summed E-state index contributed by atoms with van der Waals surface area (Å²) >= 11 is 8.60. The van der Waals surface area contributed by atoms with Gasteiger partial charge >= 0.3 is 0 Å². The number of ketones is 1. The lowest BCUT2D eigenvalue weighted by atomic mass is 10.0. The molecule has 1 aromatic carbocycles. The van der Waals surface area contributed by atoms with E-state index in [1.165, 1.54) is 23.1 Å². The van der Waals surface area contributed by atoms with E-state index in [4.69, 9.17) is 11.6 Å². The normalized spacial score (nSPS) is 10.8. The number of thioether (sulfide) groups is 1. The van der Waals surface area contributed by atoms with Crippen LogP contribution in [0.25, 0.3) is 0 Å². The van der Waals surface area contributed by atoms with Crippen molar-refractivity contribution < 1.29 is 9.59 Å². The number of hydrogen-bond donors (Lipinski definition) is 1. The molecule has 0 saturated carbocycles. The number of amides is 1. The van der Waals surface area contributed by atoms with E-state index in [2.05, 4.69) is 15.3 Å². The van der Waals surface area contributed by atoms with Crippen LogP contribution in [0.15, 0.2) is 35.5 Å². The number of rotatable bonds is 6. The Kier molecular flexibility index (Phi) is 6.72. The van der Waals surface area contributed by atoms with Crippen molar-refractivity contribution in [2.45, 2.75) is 32.9 Å². The lowest BCUT2D eigenvalue weighted by molar-refractivity contribution is -0.113. The van der Waals surface area contributed by atoms with Gasteiger partial charge in [0, 0.05) is 26.9 Å². The molecule has 1 amide bonds. The van der Waals surface area contributed by atoms with Crippen LogP contribution in [0.4, 0.5) is 5.00 Å². The molecule has 2 aromatic heterocycles. The van der Waals surface area contributed by atoms with Gasteiger partial charge < -0.3 is 5.32 Å². The Morgan fingerprint density at radius 3 is 2.31 bits per heavy atom. The molecule has 0 spiro atoms. The zero-order valence-corrected chi connectivity index (χ0v) is 18.9. The number of carbonyl (C=O) groups excluding carboxylic acids is 2. The third kappa shape index (κ3) is 5.23. The minimum atomic E-state index is -0.204. The highest BCUT2D eigenvalue weighted by molar-refractivity contribution is 7.99. The molecule has 5 nitrogen and oxygen atoms in total. The number of thiophene rings is 1. The molecule has 1 N–H and O–H groups in total. The molecule has 0 saturated heterocycles. The fourth-order valence-electron chi connectivity index (χ4n) is 2.78. The summed E-state index contributed by atoms with van der Waals surface area (Å²) in [5.74, 6) is -0.179. The maximum absolute atomic E-state index is 13.0. The number of nitrogens with zero attached hydrogens (tertiary/aromatic N) is 2. The average Bonchev–Trinajstić information content (AvgIpc) is 2.93. The lowest BCUT2D eigenvalue weighted by Gasteiger charge is -2.08. The molecule has 0 fully saturated rings. The van der Waals surface area contributed by atoms with Crippen LogP contribution in [0.2, 0.25) is 5.02 Å². The highest BCUT2D eigenvalue weighted by Crippen LogP contribution is 2.34. The summed E-state index contributed by atoms with van der Waals surface area (Å²) < 4.78 is 0. The molecule has 0 aliphatic carbocycles. The predicted octanol–water partition coefficient (Wildman–Crippen LogP) is 5.39. The van der Waals surface area contributed by atoms with Crippen molar-refractivity contribution in [3.8, 4) is 0 Å². The van der Waals surface area contributed by atoms with Gasteiger partial charge in [-0.25, -0.2) is 9.97 Å². The third-order valence-electron chi connectivity index (χ3n) is 4.27. The topological polar surface area (TPSA) is 72.0 Å². The zero-order chi connectivity index (χ0) is 21.1. The molecule has 150 valence electrons. The molecule has 29 heavy (non-hydrogen) atoms. The summed E-state index contributed by atoms with van der Waals surface area (Å²) in [6.07, 6.45) is 0. The molecule has 0 atom stereocenters. The first-order valence-corrected chi connectivity index (χ1v) is 11.1. The van der Waals surface area contributed by atoms with Crippen LogP contribution in [0.5, 0.6) is 0 Å². The van der Waals surface area contributed by atoms with Crippen molar-refractivity contribution >= 4 is 51.4 Å². The Balaban J connectivity index is 1.77. The van der Waals surface area contributed by atoms with Crippen molar-refractivity contribution in [2.24, 2.45) is 0 Å². The SMILES string of the molecule is Cc1cc(C)nc(SCC(=O)Nc2sc(C)c(C)c2C(=O)c2ccc(Cl)cc2)n1. The Labute approximate surface area is 182 Å². The van der Waals surface area contributed by atoms with Crippen molar-refractivity contribution in [1.29, 1.82) is 0 Å². The lowest BCUT2D eigenvalue weighted by Crippen LogP contribution is -2.16. The minimum Gasteiger partial charge on any atom is -0.316 e. The second kappa shape index (κ2) is 9.07. The molecule has 0 bridgehead atoms. The van der Waals surface area contributed by atoms with E-state index >= 15 is 0 Å². The molecule has 3 aromatic rings. The first-order valence-electron chi connectivity index (χ1n) is 8.89. The largest absolute Gasteiger partial charge is 0.316 e. The summed E-state index contributed by atoms with van der Waals surface area (Å²) in [6.45, 7) is 7.62. The molecule has 3 rings (SSSR count). The maximum Gasteiger partial charge on any atom is 0.235 e.